The molecule has 112 valence electrons. The fourth-order valence-corrected chi connectivity index (χ4v) is 2.70. The van der Waals surface area contributed by atoms with Gasteiger partial charge >= 0.3 is 0 Å². The third-order valence-corrected chi connectivity index (χ3v) is 3.75. The zero-order valence-corrected chi connectivity index (χ0v) is 12.6. The largest absolute Gasteiger partial charge is 0.347 e. The second-order valence-electron chi connectivity index (χ2n) is 5.38. The highest BCUT2D eigenvalue weighted by Crippen LogP contribution is 2.26. The van der Waals surface area contributed by atoms with Gasteiger partial charge in [0.25, 0.3) is 0 Å². The van der Waals surface area contributed by atoms with Gasteiger partial charge in [-0.15, -0.1) is 0 Å². The number of rotatable bonds is 5. The topological polar surface area (TPSA) is 83.2 Å². The van der Waals surface area contributed by atoms with E-state index in [2.05, 4.69) is 32.2 Å². The lowest BCUT2D eigenvalue weighted by Gasteiger charge is -2.33. The molecule has 1 aliphatic carbocycles. The van der Waals surface area contributed by atoms with Crippen LogP contribution in [0.15, 0.2) is 0 Å². The molecule has 0 radical (unpaired) electrons. The van der Waals surface area contributed by atoms with E-state index in [1.54, 1.807) is 0 Å². The number of nitrogens with two attached hydrogens (primary N) is 1. The van der Waals surface area contributed by atoms with Gasteiger partial charge < -0.3 is 9.80 Å². The molecule has 1 heterocycles. The normalized spacial score (nSPS) is 16.0. The monoisotopic (exact) mass is 279 g/mol. The summed E-state index contributed by atoms with van der Waals surface area (Å²) in [6, 6.07) is 0.525. The highest BCUT2D eigenvalue weighted by Gasteiger charge is 2.23. The predicted molar refractivity (Wildman–Crippen MR) is 81.9 cm³/mol. The van der Waals surface area contributed by atoms with E-state index in [0.717, 1.165) is 6.54 Å². The molecule has 0 unspecified atom stereocenters. The first-order valence-corrected chi connectivity index (χ1v) is 7.32. The first-order chi connectivity index (χ1) is 9.65. The number of aromatic nitrogens is 3. The summed E-state index contributed by atoms with van der Waals surface area (Å²) in [6.07, 6.45) is 6.33. The quantitative estimate of drug-likeness (QED) is 0.622. The van der Waals surface area contributed by atoms with Crippen LogP contribution >= 0.6 is 0 Å². The van der Waals surface area contributed by atoms with Crippen LogP contribution in [0.1, 0.15) is 39.0 Å². The minimum absolute atomic E-state index is 0.410. The van der Waals surface area contributed by atoms with Gasteiger partial charge in [-0.2, -0.15) is 15.0 Å². The van der Waals surface area contributed by atoms with Crippen LogP contribution in [0.25, 0.3) is 0 Å². The van der Waals surface area contributed by atoms with Gasteiger partial charge in [0.2, 0.25) is 17.8 Å². The summed E-state index contributed by atoms with van der Waals surface area (Å²) < 4.78 is 0. The zero-order chi connectivity index (χ0) is 14.5. The summed E-state index contributed by atoms with van der Waals surface area (Å²) in [6.45, 7) is 3.04. The van der Waals surface area contributed by atoms with E-state index < -0.39 is 0 Å². The second kappa shape index (κ2) is 6.69. The number of anilines is 3. The van der Waals surface area contributed by atoms with E-state index in [1.165, 1.54) is 32.1 Å². The summed E-state index contributed by atoms with van der Waals surface area (Å²) in [7, 11) is 3.83. The molecule has 0 atom stereocenters. The first kappa shape index (κ1) is 14.8. The summed E-state index contributed by atoms with van der Waals surface area (Å²) >= 11 is 0. The van der Waals surface area contributed by atoms with Crippen LogP contribution in [0.4, 0.5) is 17.8 Å². The molecule has 0 saturated heterocycles. The van der Waals surface area contributed by atoms with E-state index in [-0.39, 0.29) is 0 Å². The lowest BCUT2D eigenvalue weighted by molar-refractivity contribution is 0.414. The summed E-state index contributed by atoms with van der Waals surface area (Å²) in [4.78, 5) is 17.4. The van der Waals surface area contributed by atoms with Gasteiger partial charge in [0.15, 0.2) is 0 Å². The maximum atomic E-state index is 5.47. The Kier molecular flexibility index (Phi) is 4.94. The van der Waals surface area contributed by atoms with E-state index >= 15 is 0 Å². The second-order valence-corrected chi connectivity index (χ2v) is 5.38. The Hall–Kier alpha value is -1.63. The molecule has 7 heteroatoms. The van der Waals surface area contributed by atoms with Crippen LogP contribution in [-0.4, -0.2) is 41.6 Å². The minimum atomic E-state index is 0.410. The van der Waals surface area contributed by atoms with Crippen LogP contribution in [0.2, 0.25) is 0 Å². The molecule has 0 aliphatic heterocycles. The van der Waals surface area contributed by atoms with Crippen molar-refractivity contribution in [2.75, 3.05) is 35.9 Å². The fourth-order valence-electron chi connectivity index (χ4n) is 2.70. The lowest BCUT2D eigenvalue weighted by Crippen LogP contribution is -2.38. The number of hydrazine groups is 1. The molecule has 1 saturated carbocycles. The highest BCUT2D eigenvalue weighted by molar-refractivity contribution is 5.44. The Morgan fingerprint density at radius 2 is 1.75 bits per heavy atom. The fraction of sp³-hybridized carbons (Fsp3) is 0.769. The number of hydrogen-bond donors (Lipinski definition) is 2. The van der Waals surface area contributed by atoms with E-state index in [1.807, 2.05) is 19.0 Å². The van der Waals surface area contributed by atoms with Gasteiger partial charge in [-0.25, -0.2) is 5.84 Å². The Morgan fingerprint density at radius 1 is 1.10 bits per heavy atom. The van der Waals surface area contributed by atoms with Gasteiger partial charge in [0.1, 0.15) is 0 Å². The van der Waals surface area contributed by atoms with Gasteiger partial charge in [0.05, 0.1) is 0 Å². The molecule has 0 aromatic carbocycles. The Balaban J connectivity index is 2.29. The average molecular weight is 279 g/mol. The zero-order valence-electron chi connectivity index (χ0n) is 12.6. The van der Waals surface area contributed by atoms with Crippen molar-refractivity contribution in [3.63, 3.8) is 0 Å². The molecule has 1 aliphatic rings. The Bertz CT molecular complexity index is 429. The van der Waals surface area contributed by atoms with Crippen LogP contribution < -0.4 is 21.1 Å². The van der Waals surface area contributed by atoms with Crippen LogP contribution in [0.5, 0.6) is 0 Å². The maximum Gasteiger partial charge on any atom is 0.243 e. The lowest BCUT2D eigenvalue weighted by atomic mass is 9.94. The van der Waals surface area contributed by atoms with Crippen LogP contribution in [0.3, 0.4) is 0 Å². The van der Waals surface area contributed by atoms with E-state index in [0.29, 0.717) is 23.9 Å². The first-order valence-electron chi connectivity index (χ1n) is 7.32. The smallest absolute Gasteiger partial charge is 0.243 e. The van der Waals surface area contributed by atoms with Crippen molar-refractivity contribution in [2.45, 2.75) is 45.1 Å². The number of nitrogens with zero attached hydrogens (tertiary/aromatic N) is 5. The molecular weight excluding hydrogens is 254 g/mol. The van der Waals surface area contributed by atoms with Crippen molar-refractivity contribution in [3.05, 3.63) is 0 Å². The van der Waals surface area contributed by atoms with Crippen molar-refractivity contribution in [2.24, 2.45) is 5.84 Å². The number of nitrogens with one attached hydrogen (secondary N) is 1. The standard InChI is InChI=1S/C13H25N7/c1-4-20(10-8-6-5-7-9-10)13-16-11(18-14)15-12(17-13)19(2)3/h10H,4-9,14H2,1-3H3,(H,15,16,17,18). The Labute approximate surface area is 120 Å². The number of hydrogen-bond acceptors (Lipinski definition) is 7. The maximum absolute atomic E-state index is 5.47. The molecular formula is C13H25N7. The van der Waals surface area contributed by atoms with Gasteiger partial charge in [-0.3, -0.25) is 5.43 Å². The van der Waals surface area contributed by atoms with Crippen molar-refractivity contribution < 1.29 is 0 Å². The van der Waals surface area contributed by atoms with Crippen molar-refractivity contribution in [1.82, 2.24) is 15.0 Å². The summed E-state index contributed by atoms with van der Waals surface area (Å²) in [5.74, 6) is 7.21. The van der Waals surface area contributed by atoms with Gasteiger partial charge in [-0.1, -0.05) is 19.3 Å². The summed E-state index contributed by atoms with van der Waals surface area (Å²) in [5.41, 5.74) is 2.53. The summed E-state index contributed by atoms with van der Waals surface area (Å²) in [5, 5.41) is 0. The third kappa shape index (κ3) is 3.27. The number of nitrogen functional groups attached to an aromatic ring is 1. The third-order valence-electron chi connectivity index (χ3n) is 3.75. The van der Waals surface area contributed by atoms with Crippen LogP contribution in [-0.2, 0) is 0 Å². The highest BCUT2D eigenvalue weighted by atomic mass is 15.4. The van der Waals surface area contributed by atoms with Gasteiger partial charge in [-0.05, 0) is 19.8 Å². The molecule has 20 heavy (non-hydrogen) atoms. The molecule has 3 N–H and O–H groups in total. The SMILES string of the molecule is CCN(c1nc(NN)nc(N(C)C)n1)C1CCCCC1. The molecule has 1 aromatic rings. The molecule has 1 fully saturated rings. The predicted octanol–water partition coefficient (Wildman–Crippen LogP) is 1.38. The van der Waals surface area contributed by atoms with E-state index in [4.69, 9.17) is 5.84 Å². The minimum Gasteiger partial charge on any atom is -0.347 e. The van der Waals surface area contributed by atoms with Crippen molar-refractivity contribution in [3.8, 4) is 0 Å². The Morgan fingerprint density at radius 3 is 2.30 bits per heavy atom. The molecule has 0 bridgehead atoms. The van der Waals surface area contributed by atoms with Crippen molar-refractivity contribution in [1.29, 1.82) is 0 Å². The molecule has 1 aromatic heterocycles. The average Bonchev–Trinajstić information content (AvgIpc) is 2.48. The van der Waals surface area contributed by atoms with Gasteiger partial charge in [0, 0.05) is 26.7 Å². The van der Waals surface area contributed by atoms with Crippen molar-refractivity contribution >= 4 is 17.8 Å². The molecule has 7 nitrogen and oxygen atoms in total. The molecule has 0 amide bonds. The van der Waals surface area contributed by atoms with E-state index in [9.17, 15) is 0 Å². The molecule has 0 spiro atoms. The van der Waals surface area contributed by atoms with Crippen LogP contribution in [0, 0.1) is 0 Å². The molecule has 2 rings (SSSR count).